The van der Waals surface area contributed by atoms with Crippen LogP contribution in [0, 0.1) is 17.2 Å². The van der Waals surface area contributed by atoms with Crippen LogP contribution in [-0.4, -0.2) is 78.5 Å². The Labute approximate surface area is 259 Å². The van der Waals surface area contributed by atoms with Crippen molar-refractivity contribution >= 4 is 39.1 Å². The van der Waals surface area contributed by atoms with Crippen LogP contribution in [0.2, 0.25) is 0 Å². The lowest BCUT2D eigenvalue weighted by molar-refractivity contribution is -0.124. The number of nitrogens with zero attached hydrogens (tertiary/aromatic N) is 4. The SMILES string of the molecule is COc1ccc2cc1OCCN(C(=O)c1cc(C#N)cn1C)CCCNC(=O)[C@H]1CN(C(=O)c3cc4ccccc4s3)C[C@H]21. The van der Waals surface area contributed by atoms with Gasteiger partial charge in [0.1, 0.15) is 18.4 Å². The number of methoxy groups -OCH3 is 1. The molecule has 2 aromatic heterocycles. The third-order valence-electron chi connectivity index (χ3n) is 8.36. The molecular formula is C33H33N5O5S. The lowest BCUT2D eigenvalue weighted by Crippen LogP contribution is -2.39. The number of ether oxygens (including phenoxy) is 2. The van der Waals surface area contributed by atoms with Crippen molar-refractivity contribution in [2.45, 2.75) is 12.3 Å². The molecule has 2 aliphatic rings. The third-order valence-corrected chi connectivity index (χ3v) is 9.46. The van der Waals surface area contributed by atoms with Gasteiger partial charge in [0.25, 0.3) is 11.8 Å². The topological polar surface area (TPSA) is 117 Å². The molecule has 1 N–H and O–H groups in total. The van der Waals surface area contributed by atoms with Gasteiger partial charge in [-0.25, -0.2) is 0 Å². The average molecular weight is 612 g/mol. The van der Waals surface area contributed by atoms with Crippen LogP contribution in [0.3, 0.4) is 0 Å². The Bertz CT molecular complexity index is 1740. The first kappa shape index (κ1) is 29.3. The molecule has 11 heteroatoms. The van der Waals surface area contributed by atoms with Gasteiger partial charge in [0.15, 0.2) is 11.5 Å². The zero-order chi connectivity index (χ0) is 30.8. The molecule has 2 aliphatic heterocycles. The number of aromatic nitrogens is 1. The van der Waals surface area contributed by atoms with Gasteiger partial charge < -0.3 is 29.2 Å². The van der Waals surface area contributed by atoms with Gasteiger partial charge in [0, 0.05) is 50.0 Å². The van der Waals surface area contributed by atoms with Gasteiger partial charge in [-0.15, -0.1) is 11.3 Å². The van der Waals surface area contributed by atoms with Crippen molar-refractivity contribution in [3.63, 3.8) is 0 Å². The molecule has 2 aromatic carbocycles. The second kappa shape index (κ2) is 12.4. The van der Waals surface area contributed by atoms with Crippen LogP contribution >= 0.6 is 11.3 Å². The van der Waals surface area contributed by atoms with Gasteiger partial charge >= 0.3 is 0 Å². The van der Waals surface area contributed by atoms with Crippen LogP contribution in [0.5, 0.6) is 11.5 Å². The second-order valence-corrected chi connectivity index (χ2v) is 12.2. The summed E-state index contributed by atoms with van der Waals surface area (Å²) in [6.45, 7) is 1.99. The number of aryl methyl sites for hydroxylation is 1. The molecule has 0 saturated carbocycles. The number of amides is 3. The summed E-state index contributed by atoms with van der Waals surface area (Å²) in [6.07, 6.45) is 2.15. The maximum atomic E-state index is 13.7. The molecule has 0 unspecified atom stereocenters. The van der Waals surface area contributed by atoms with Crippen molar-refractivity contribution in [3.8, 4) is 17.6 Å². The number of rotatable bonds is 3. The van der Waals surface area contributed by atoms with Crippen molar-refractivity contribution in [3.05, 3.63) is 82.5 Å². The highest BCUT2D eigenvalue weighted by atomic mass is 32.1. The van der Waals surface area contributed by atoms with Crippen LogP contribution in [0.4, 0.5) is 0 Å². The quantitative estimate of drug-likeness (QED) is 0.374. The molecule has 1 saturated heterocycles. The summed E-state index contributed by atoms with van der Waals surface area (Å²) in [5.41, 5.74) is 1.70. The zero-order valence-corrected chi connectivity index (χ0v) is 25.4. The largest absolute Gasteiger partial charge is 0.493 e. The van der Waals surface area contributed by atoms with E-state index in [1.165, 1.54) is 11.3 Å². The highest BCUT2D eigenvalue weighted by Gasteiger charge is 2.41. The number of benzene rings is 2. The van der Waals surface area contributed by atoms with E-state index < -0.39 is 5.92 Å². The van der Waals surface area contributed by atoms with Gasteiger partial charge in [0.2, 0.25) is 5.91 Å². The number of hydrogen-bond acceptors (Lipinski definition) is 7. The van der Waals surface area contributed by atoms with Gasteiger partial charge in [-0.1, -0.05) is 24.3 Å². The van der Waals surface area contributed by atoms with E-state index in [0.717, 1.165) is 15.6 Å². The fraction of sp³-hybridized carbons (Fsp3) is 0.333. The number of fused-ring (bicyclic) bond motifs is 5. The summed E-state index contributed by atoms with van der Waals surface area (Å²) in [4.78, 5) is 44.9. The summed E-state index contributed by atoms with van der Waals surface area (Å²) < 4.78 is 14.4. The van der Waals surface area contributed by atoms with E-state index >= 15 is 0 Å². The number of nitrogens with one attached hydrogen (secondary N) is 1. The molecule has 4 aromatic rings. The average Bonchev–Trinajstić information content (AvgIpc) is 3.77. The number of likely N-dealkylation sites (tertiary alicyclic amines) is 1. The van der Waals surface area contributed by atoms with E-state index in [1.807, 2.05) is 48.5 Å². The highest BCUT2D eigenvalue weighted by Crippen LogP contribution is 2.39. The standard InChI is InChI=1S/C33H33N5O5S/c1-36-18-21(17-34)14-26(36)32(40)37-11-5-10-35-31(39)25-20-38(33(41)30-16-23-6-3-4-7-29(23)44-30)19-24(25)22-8-9-27(42-2)28(15-22)43-13-12-37/h3-4,6-9,14-16,18,24-25H,5,10-13,19-20H2,1-2H3,(H,35,39)/t24-,25+/m1/s1. The minimum absolute atomic E-state index is 0.0798. The molecular weight excluding hydrogens is 578 g/mol. The molecule has 2 bridgehead atoms. The third kappa shape index (κ3) is 5.73. The van der Waals surface area contributed by atoms with E-state index in [2.05, 4.69) is 11.4 Å². The number of thiophene rings is 1. The minimum Gasteiger partial charge on any atom is -0.493 e. The normalized spacial score (nSPS) is 19.0. The van der Waals surface area contributed by atoms with E-state index in [4.69, 9.17) is 9.47 Å². The van der Waals surface area contributed by atoms with Crippen molar-refractivity contribution in [2.24, 2.45) is 13.0 Å². The molecule has 44 heavy (non-hydrogen) atoms. The van der Waals surface area contributed by atoms with Gasteiger partial charge in [0.05, 0.1) is 30.0 Å². The maximum Gasteiger partial charge on any atom is 0.270 e. The van der Waals surface area contributed by atoms with Crippen LogP contribution in [0.25, 0.3) is 10.1 Å². The van der Waals surface area contributed by atoms with Crippen molar-refractivity contribution in [1.29, 1.82) is 5.26 Å². The van der Waals surface area contributed by atoms with Crippen LogP contribution in [0.1, 0.15) is 43.6 Å². The van der Waals surface area contributed by atoms with Crippen molar-refractivity contribution < 1.29 is 23.9 Å². The van der Waals surface area contributed by atoms with Crippen molar-refractivity contribution in [2.75, 3.05) is 46.4 Å². The van der Waals surface area contributed by atoms with Crippen molar-refractivity contribution in [1.82, 2.24) is 19.7 Å². The Hall–Kier alpha value is -4.82. The smallest absolute Gasteiger partial charge is 0.270 e. The first-order valence-corrected chi connectivity index (χ1v) is 15.4. The predicted octanol–water partition coefficient (Wildman–Crippen LogP) is 4.02. The first-order chi connectivity index (χ1) is 21.4. The molecule has 0 radical (unpaired) electrons. The summed E-state index contributed by atoms with van der Waals surface area (Å²) in [6, 6.07) is 19.1. The molecule has 10 nitrogen and oxygen atoms in total. The molecule has 0 aliphatic carbocycles. The zero-order valence-electron chi connectivity index (χ0n) is 24.6. The lowest BCUT2D eigenvalue weighted by Gasteiger charge is -2.25. The number of carbonyl (C=O) groups is 3. The van der Waals surface area contributed by atoms with E-state index in [1.54, 1.807) is 40.8 Å². The van der Waals surface area contributed by atoms with E-state index in [-0.39, 0.29) is 30.2 Å². The summed E-state index contributed by atoms with van der Waals surface area (Å²) >= 11 is 1.46. The monoisotopic (exact) mass is 611 g/mol. The highest BCUT2D eigenvalue weighted by molar-refractivity contribution is 7.20. The van der Waals surface area contributed by atoms with Crippen LogP contribution in [0.15, 0.2) is 60.8 Å². The number of carbonyl (C=O) groups excluding carboxylic acids is 3. The Morgan fingerprint density at radius 3 is 2.64 bits per heavy atom. The molecule has 6 rings (SSSR count). The Kier molecular flexibility index (Phi) is 8.26. The Balaban J connectivity index is 1.26. The predicted molar refractivity (Wildman–Crippen MR) is 166 cm³/mol. The van der Waals surface area contributed by atoms with Crippen LogP contribution < -0.4 is 14.8 Å². The molecule has 2 atom stereocenters. The fourth-order valence-corrected chi connectivity index (χ4v) is 7.08. The molecule has 226 valence electrons. The summed E-state index contributed by atoms with van der Waals surface area (Å²) in [5, 5.41) is 13.4. The summed E-state index contributed by atoms with van der Waals surface area (Å²) in [5.74, 6) is -0.0643. The molecule has 0 spiro atoms. The fourth-order valence-electron chi connectivity index (χ4n) is 6.05. The number of hydrogen-bond donors (Lipinski definition) is 1. The number of nitriles is 1. The van der Waals surface area contributed by atoms with E-state index in [9.17, 15) is 19.6 Å². The lowest BCUT2D eigenvalue weighted by atomic mass is 9.88. The molecule has 4 heterocycles. The summed E-state index contributed by atoms with van der Waals surface area (Å²) in [7, 11) is 3.30. The minimum atomic E-state index is -0.456. The van der Waals surface area contributed by atoms with Gasteiger partial charge in [-0.05, 0) is 47.7 Å². The molecule has 3 amide bonds. The Morgan fingerprint density at radius 2 is 1.86 bits per heavy atom. The Morgan fingerprint density at radius 1 is 1.05 bits per heavy atom. The van der Waals surface area contributed by atoms with E-state index in [0.29, 0.717) is 66.8 Å². The second-order valence-electron chi connectivity index (χ2n) is 11.1. The molecule has 1 fully saturated rings. The van der Waals surface area contributed by atoms with Gasteiger partial charge in [-0.3, -0.25) is 14.4 Å². The maximum absolute atomic E-state index is 13.7. The van der Waals surface area contributed by atoms with Crippen LogP contribution in [-0.2, 0) is 11.8 Å². The van der Waals surface area contributed by atoms with Gasteiger partial charge in [-0.2, -0.15) is 5.26 Å². The first-order valence-electron chi connectivity index (χ1n) is 14.6.